The second-order valence-corrected chi connectivity index (χ2v) is 22.0. The third-order valence-electron chi connectivity index (χ3n) is 14.2. The molecule has 1 unspecified atom stereocenters. The van der Waals surface area contributed by atoms with Crippen LogP contribution < -0.4 is 0 Å². The molecular formula is C75H124O6. The van der Waals surface area contributed by atoms with Gasteiger partial charge in [-0.3, -0.25) is 14.4 Å². The normalized spacial score (nSPS) is 13.0. The third kappa shape index (κ3) is 66.2. The fourth-order valence-corrected chi connectivity index (χ4v) is 9.21. The Kier molecular flexibility index (Phi) is 64.3. The zero-order valence-corrected chi connectivity index (χ0v) is 52.8. The largest absolute Gasteiger partial charge is 0.462 e. The SMILES string of the molecule is CC/C=C\C/C=C\C/C=C\C/C=C\C/C=C\C/C=C\C/C=C\CCCC(=O)OC(COC(=O)CC/C=C\C/C=C\C/C=C\C/C=C\CC)COC(=O)CCCCCCCCCCCCCCCCCCCCCCCCCCCCC. The minimum Gasteiger partial charge on any atom is -0.462 e. The molecule has 6 heteroatoms. The fourth-order valence-electron chi connectivity index (χ4n) is 9.21. The van der Waals surface area contributed by atoms with Gasteiger partial charge in [0.15, 0.2) is 6.10 Å². The lowest BCUT2D eigenvalue weighted by molar-refractivity contribution is -0.166. The van der Waals surface area contributed by atoms with Crippen molar-refractivity contribution in [2.75, 3.05) is 13.2 Å². The van der Waals surface area contributed by atoms with E-state index in [4.69, 9.17) is 14.2 Å². The molecule has 0 aliphatic carbocycles. The fraction of sp³-hybridized carbons (Fsp3) is 0.667. The molecule has 6 nitrogen and oxygen atoms in total. The van der Waals surface area contributed by atoms with E-state index in [9.17, 15) is 14.4 Å². The van der Waals surface area contributed by atoms with Gasteiger partial charge in [0.1, 0.15) is 13.2 Å². The van der Waals surface area contributed by atoms with Crippen molar-refractivity contribution in [3.63, 3.8) is 0 Å². The van der Waals surface area contributed by atoms with Gasteiger partial charge >= 0.3 is 17.9 Å². The second-order valence-electron chi connectivity index (χ2n) is 22.0. The lowest BCUT2D eigenvalue weighted by Crippen LogP contribution is -2.30. The van der Waals surface area contributed by atoms with Gasteiger partial charge in [0.25, 0.3) is 0 Å². The molecule has 81 heavy (non-hydrogen) atoms. The highest BCUT2D eigenvalue weighted by Gasteiger charge is 2.19. The minimum absolute atomic E-state index is 0.125. The summed E-state index contributed by atoms with van der Waals surface area (Å²) in [6.07, 6.45) is 96.5. The van der Waals surface area contributed by atoms with Crippen molar-refractivity contribution in [1.82, 2.24) is 0 Å². The molecule has 0 aromatic rings. The van der Waals surface area contributed by atoms with E-state index in [-0.39, 0.29) is 44.0 Å². The molecule has 0 aliphatic rings. The lowest BCUT2D eigenvalue weighted by Gasteiger charge is -2.18. The number of esters is 3. The van der Waals surface area contributed by atoms with E-state index in [1.165, 1.54) is 154 Å². The first-order chi connectivity index (χ1) is 40.0. The zero-order chi connectivity index (χ0) is 58.5. The monoisotopic (exact) mass is 1120 g/mol. The molecule has 0 saturated carbocycles. The number of carbonyl (C=O) groups is 3. The Morgan fingerprint density at radius 2 is 0.506 bits per heavy atom. The molecule has 0 radical (unpaired) electrons. The minimum atomic E-state index is -0.842. The Morgan fingerprint density at radius 1 is 0.259 bits per heavy atom. The summed E-state index contributed by atoms with van der Waals surface area (Å²) in [6.45, 7) is 6.32. The molecule has 0 amide bonds. The lowest BCUT2D eigenvalue weighted by atomic mass is 10.0. The van der Waals surface area contributed by atoms with E-state index >= 15 is 0 Å². The van der Waals surface area contributed by atoms with Crippen LogP contribution in [0, 0.1) is 0 Å². The summed E-state index contributed by atoms with van der Waals surface area (Å²) in [5, 5.41) is 0. The van der Waals surface area contributed by atoms with Gasteiger partial charge in [0.2, 0.25) is 0 Å². The predicted molar refractivity (Wildman–Crippen MR) is 353 cm³/mol. The number of ether oxygens (including phenoxy) is 3. The second kappa shape index (κ2) is 68.1. The molecule has 460 valence electrons. The first kappa shape index (κ1) is 76.5. The van der Waals surface area contributed by atoms with E-state index in [1.807, 2.05) is 12.2 Å². The number of rotatable bonds is 60. The number of hydrogen-bond donors (Lipinski definition) is 0. The van der Waals surface area contributed by atoms with Crippen molar-refractivity contribution < 1.29 is 28.6 Å². The topological polar surface area (TPSA) is 78.9 Å². The van der Waals surface area contributed by atoms with Crippen molar-refractivity contribution in [1.29, 1.82) is 0 Å². The Labute approximate surface area is 500 Å². The predicted octanol–water partition coefficient (Wildman–Crippen LogP) is 23.3. The summed E-state index contributed by atoms with van der Waals surface area (Å²) in [6, 6.07) is 0. The molecule has 0 spiro atoms. The van der Waals surface area contributed by atoms with Gasteiger partial charge in [0.05, 0.1) is 0 Å². The van der Waals surface area contributed by atoms with Crippen LogP contribution in [0.2, 0.25) is 0 Å². The molecule has 0 fully saturated rings. The number of allylic oxidation sites excluding steroid dienone is 22. The average Bonchev–Trinajstić information content (AvgIpc) is 3.46. The Hall–Kier alpha value is -4.45. The van der Waals surface area contributed by atoms with Gasteiger partial charge in [-0.1, -0.05) is 321 Å². The highest BCUT2D eigenvalue weighted by Crippen LogP contribution is 2.17. The molecule has 0 aromatic heterocycles. The van der Waals surface area contributed by atoms with Crippen LogP contribution in [0.25, 0.3) is 0 Å². The Bertz CT molecular complexity index is 1720. The van der Waals surface area contributed by atoms with Crippen molar-refractivity contribution >= 4 is 17.9 Å². The summed E-state index contributed by atoms with van der Waals surface area (Å²) < 4.78 is 16.8. The van der Waals surface area contributed by atoms with Gasteiger partial charge in [-0.15, -0.1) is 0 Å². The Balaban J connectivity index is 4.40. The van der Waals surface area contributed by atoms with E-state index < -0.39 is 6.10 Å². The highest BCUT2D eigenvalue weighted by atomic mass is 16.6. The van der Waals surface area contributed by atoms with E-state index in [0.29, 0.717) is 19.3 Å². The van der Waals surface area contributed by atoms with Crippen LogP contribution in [0.1, 0.15) is 303 Å². The first-order valence-electron chi connectivity index (χ1n) is 33.7. The van der Waals surface area contributed by atoms with Gasteiger partial charge in [-0.25, -0.2) is 0 Å². The molecule has 0 N–H and O–H groups in total. The maximum atomic E-state index is 12.9. The van der Waals surface area contributed by atoms with Gasteiger partial charge in [0, 0.05) is 19.3 Å². The van der Waals surface area contributed by atoms with Crippen molar-refractivity contribution in [2.45, 2.75) is 309 Å². The van der Waals surface area contributed by atoms with E-state index in [2.05, 4.69) is 142 Å². The quantitative estimate of drug-likeness (QED) is 0.0261. The third-order valence-corrected chi connectivity index (χ3v) is 14.2. The van der Waals surface area contributed by atoms with Gasteiger partial charge < -0.3 is 14.2 Å². The number of hydrogen-bond acceptors (Lipinski definition) is 6. The average molecular weight is 1120 g/mol. The number of unbranched alkanes of at least 4 members (excludes halogenated alkanes) is 27. The summed E-state index contributed by atoms with van der Waals surface area (Å²) >= 11 is 0. The van der Waals surface area contributed by atoms with Crippen LogP contribution in [0.3, 0.4) is 0 Å². The van der Waals surface area contributed by atoms with Crippen LogP contribution in [-0.4, -0.2) is 37.2 Å². The maximum Gasteiger partial charge on any atom is 0.306 e. The summed E-state index contributed by atoms with van der Waals surface area (Å²) in [5.41, 5.74) is 0. The van der Waals surface area contributed by atoms with Crippen LogP contribution in [-0.2, 0) is 28.6 Å². The summed E-state index contributed by atoms with van der Waals surface area (Å²) in [4.78, 5) is 38.3. The molecule has 1 atom stereocenters. The number of carbonyl (C=O) groups excluding carboxylic acids is 3. The molecule has 0 heterocycles. The highest BCUT2D eigenvalue weighted by molar-refractivity contribution is 5.71. The van der Waals surface area contributed by atoms with Crippen molar-refractivity contribution in [3.8, 4) is 0 Å². The Morgan fingerprint density at radius 3 is 0.815 bits per heavy atom. The van der Waals surface area contributed by atoms with Crippen LogP contribution >= 0.6 is 0 Å². The molecule has 0 aliphatic heterocycles. The molecule has 0 saturated heterocycles. The van der Waals surface area contributed by atoms with Crippen molar-refractivity contribution in [2.24, 2.45) is 0 Å². The molecule has 0 aromatic carbocycles. The smallest absolute Gasteiger partial charge is 0.306 e. The van der Waals surface area contributed by atoms with Crippen LogP contribution in [0.15, 0.2) is 134 Å². The van der Waals surface area contributed by atoms with Crippen LogP contribution in [0.4, 0.5) is 0 Å². The maximum absolute atomic E-state index is 12.9. The molecule has 0 rings (SSSR count). The summed E-state index contributed by atoms with van der Waals surface area (Å²) in [5.74, 6) is -1.07. The standard InChI is InChI=1S/C75H124O6/c1-4-7-10-13-16-19-22-25-27-29-31-33-35-36-37-38-40-41-43-45-47-50-53-56-59-62-65-68-74(77)80-71-72(70-79-73(76)67-64-61-58-55-52-49-24-21-18-15-12-9-6-3)81-75(78)69-66-63-60-57-54-51-48-46-44-42-39-34-32-30-28-26-23-20-17-14-11-8-5-2/h8-9,11-12,17-18,20-21,26,28,32,34,42,44,48-49,51-52,57-58,60-61,72H,4-7,10,13-16,19,22-25,27,29-31,33,35-41,43,45-47,50,53-56,59,62-71H2,1-3H3/b11-8-,12-9-,20-17-,21-18-,28-26-,34-32-,44-42-,51-48-,52-49-,60-57-,61-58-. The van der Waals surface area contributed by atoms with Crippen LogP contribution in [0.5, 0.6) is 0 Å². The summed E-state index contributed by atoms with van der Waals surface area (Å²) in [7, 11) is 0. The van der Waals surface area contributed by atoms with E-state index in [0.717, 1.165) is 96.3 Å². The first-order valence-corrected chi connectivity index (χ1v) is 33.7. The molecular weight excluding hydrogens is 997 g/mol. The van der Waals surface area contributed by atoms with E-state index in [1.54, 1.807) is 0 Å². The van der Waals surface area contributed by atoms with Crippen molar-refractivity contribution in [3.05, 3.63) is 134 Å². The molecule has 0 bridgehead atoms. The zero-order valence-electron chi connectivity index (χ0n) is 52.8. The van der Waals surface area contributed by atoms with Gasteiger partial charge in [-0.05, 0) is 96.3 Å². The van der Waals surface area contributed by atoms with Gasteiger partial charge in [-0.2, -0.15) is 0 Å².